The highest BCUT2D eigenvalue weighted by atomic mass is 32.1. The van der Waals surface area contributed by atoms with Crippen LogP contribution in [0, 0.1) is 13.8 Å². The van der Waals surface area contributed by atoms with Crippen LogP contribution in [-0.2, 0) is 9.53 Å². The first-order valence-corrected chi connectivity index (χ1v) is 8.27. The van der Waals surface area contributed by atoms with Gasteiger partial charge in [-0.1, -0.05) is 35.5 Å². The second-order valence-electron chi connectivity index (χ2n) is 5.22. The highest BCUT2D eigenvalue weighted by molar-refractivity contribution is 7.14. The van der Waals surface area contributed by atoms with E-state index in [9.17, 15) is 9.59 Å². The molecule has 1 aromatic carbocycles. The van der Waals surface area contributed by atoms with Crippen LogP contribution in [0.3, 0.4) is 0 Å². The average Bonchev–Trinajstić information content (AvgIpc) is 3.19. The molecule has 1 N–H and O–H groups in total. The van der Waals surface area contributed by atoms with E-state index in [0.717, 1.165) is 10.6 Å². The summed E-state index contributed by atoms with van der Waals surface area (Å²) in [7, 11) is 0. The molecule has 7 nitrogen and oxygen atoms in total. The summed E-state index contributed by atoms with van der Waals surface area (Å²) in [5, 5.41) is 6.87. The quantitative estimate of drug-likeness (QED) is 0.705. The molecule has 0 spiro atoms. The fourth-order valence-electron chi connectivity index (χ4n) is 2.16. The lowest BCUT2D eigenvalue weighted by Gasteiger charge is -2.05. The highest BCUT2D eigenvalue weighted by Crippen LogP contribution is 2.28. The van der Waals surface area contributed by atoms with Crippen LogP contribution in [0.25, 0.3) is 11.3 Å². The number of anilines is 1. The number of carbonyl (C=O) groups is 2. The summed E-state index contributed by atoms with van der Waals surface area (Å²) in [6.45, 7) is 3.10. The second-order valence-corrected chi connectivity index (χ2v) is 6.43. The van der Waals surface area contributed by atoms with Crippen molar-refractivity contribution < 1.29 is 18.8 Å². The zero-order valence-corrected chi connectivity index (χ0v) is 14.4. The minimum absolute atomic E-state index is 0.275. The van der Waals surface area contributed by atoms with Gasteiger partial charge in [-0.15, -0.1) is 11.3 Å². The van der Waals surface area contributed by atoms with Crippen molar-refractivity contribution in [2.75, 3.05) is 11.9 Å². The summed E-state index contributed by atoms with van der Waals surface area (Å²) in [6, 6.07) is 10.9. The summed E-state index contributed by atoms with van der Waals surface area (Å²) in [5.41, 5.74) is 1.38. The first kappa shape index (κ1) is 16.8. The normalized spacial score (nSPS) is 10.5. The van der Waals surface area contributed by atoms with E-state index in [0.29, 0.717) is 16.3 Å². The third-order valence-electron chi connectivity index (χ3n) is 3.20. The molecule has 2 heterocycles. The molecule has 0 bridgehead atoms. The molecule has 25 heavy (non-hydrogen) atoms. The van der Waals surface area contributed by atoms with Crippen LogP contribution in [0.15, 0.2) is 40.9 Å². The van der Waals surface area contributed by atoms with Crippen molar-refractivity contribution in [2.24, 2.45) is 0 Å². The zero-order valence-electron chi connectivity index (χ0n) is 13.6. The molecule has 3 rings (SSSR count). The van der Waals surface area contributed by atoms with E-state index in [2.05, 4.69) is 15.5 Å². The number of thiazole rings is 1. The summed E-state index contributed by atoms with van der Waals surface area (Å²) < 4.78 is 9.95. The fraction of sp³-hybridized carbons (Fsp3) is 0.176. The minimum atomic E-state index is -0.587. The molecule has 0 atom stereocenters. The van der Waals surface area contributed by atoms with Gasteiger partial charge in [0.15, 0.2) is 12.4 Å². The van der Waals surface area contributed by atoms with Gasteiger partial charge in [-0.2, -0.15) is 0 Å². The molecule has 0 fully saturated rings. The van der Waals surface area contributed by atoms with Gasteiger partial charge >= 0.3 is 5.97 Å². The van der Waals surface area contributed by atoms with Gasteiger partial charge in [-0.05, 0) is 13.8 Å². The third kappa shape index (κ3) is 4.10. The van der Waals surface area contributed by atoms with Crippen molar-refractivity contribution in [3.63, 3.8) is 0 Å². The third-order valence-corrected chi connectivity index (χ3v) is 4.15. The number of ether oxygens (including phenoxy) is 1. The monoisotopic (exact) mass is 357 g/mol. The maximum absolute atomic E-state index is 12.3. The Morgan fingerprint density at radius 1 is 1.24 bits per heavy atom. The van der Waals surface area contributed by atoms with Gasteiger partial charge in [0.25, 0.3) is 5.91 Å². The number of esters is 1. The number of aromatic nitrogens is 2. The van der Waals surface area contributed by atoms with Crippen molar-refractivity contribution >= 4 is 29.0 Å². The van der Waals surface area contributed by atoms with Crippen molar-refractivity contribution in [1.29, 1.82) is 0 Å². The number of rotatable bonds is 5. The van der Waals surface area contributed by atoms with Gasteiger partial charge in [-0.25, -0.2) is 9.78 Å². The van der Waals surface area contributed by atoms with Crippen LogP contribution >= 0.6 is 11.3 Å². The average molecular weight is 357 g/mol. The molecule has 0 saturated heterocycles. The van der Waals surface area contributed by atoms with Gasteiger partial charge in [0.1, 0.15) is 10.6 Å². The van der Waals surface area contributed by atoms with E-state index in [1.54, 1.807) is 13.0 Å². The molecular weight excluding hydrogens is 342 g/mol. The number of hydrogen-bond acceptors (Lipinski definition) is 7. The summed E-state index contributed by atoms with van der Waals surface area (Å²) in [4.78, 5) is 28.9. The van der Waals surface area contributed by atoms with Gasteiger partial charge < -0.3 is 14.6 Å². The van der Waals surface area contributed by atoms with E-state index in [1.165, 1.54) is 11.3 Å². The number of carbonyl (C=O) groups excluding carboxylic acids is 2. The van der Waals surface area contributed by atoms with Crippen LogP contribution in [-0.4, -0.2) is 28.6 Å². The van der Waals surface area contributed by atoms with E-state index in [-0.39, 0.29) is 5.82 Å². The lowest BCUT2D eigenvalue weighted by atomic mass is 10.1. The van der Waals surface area contributed by atoms with Crippen LogP contribution in [0.2, 0.25) is 0 Å². The maximum atomic E-state index is 12.3. The number of hydrogen-bond donors (Lipinski definition) is 1. The van der Waals surface area contributed by atoms with Crippen LogP contribution in [0.1, 0.15) is 20.4 Å². The SMILES string of the molecule is Cc1cc(NC(=O)COC(=O)c2sc(C)nc2-c2ccccc2)no1. The largest absolute Gasteiger partial charge is 0.451 e. The lowest BCUT2D eigenvalue weighted by molar-refractivity contribution is -0.119. The Morgan fingerprint density at radius 3 is 2.68 bits per heavy atom. The molecule has 8 heteroatoms. The van der Waals surface area contributed by atoms with Crippen LogP contribution < -0.4 is 5.32 Å². The van der Waals surface area contributed by atoms with Gasteiger partial charge in [-0.3, -0.25) is 4.79 Å². The van der Waals surface area contributed by atoms with Crippen molar-refractivity contribution in [1.82, 2.24) is 10.1 Å². The Labute approximate surface area is 147 Å². The predicted molar refractivity (Wildman–Crippen MR) is 92.4 cm³/mol. The highest BCUT2D eigenvalue weighted by Gasteiger charge is 2.20. The topological polar surface area (TPSA) is 94.3 Å². The number of nitrogens with zero attached hydrogens (tertiary/aromatic N) is 2. The standard InChI is InChI=1S/C17H15N3O4S/c1-10-8-13(20-24-10)19-14(21)9-23-17(22)16-15(18-11(2)25-16)12-6-4-3-5-7-12/h3-8H,9H2,1-2H3,(H,19,20,21). The Bertz CT molecular complexity index is 902. The first-order chi connectivity index (χ1) is 12.0. The molecule has 0 saturated carbocycles. The molecule has 2 aromatic heterocycles. The van der Waals surface area contributed by atoms with Gasteiger partial charge in [0.2, 0.25) is 0 Å². The number of benzene rings is 1. The lowest BCUT2D eigenvalue weighted by Crippen LogP contribution is -2.21. The van der Waals surface area contributed by atoms with E-state index in [4.69, 9.17) is 9.26 Å². The summed E-state index contributed by atoms with van der Waals surface area (Å²) in [6.07, 6.45) is 0. The molecule has 0 radical (unpaired) electrons. The summed E-state index contributed by atoms with van der Waals surface area (Å²) >= 11 is 1.23. The van der Waals surface area contributed by atoms with E-state index in [1.807, 2.05) is 37.3 Å². The Balaban J connectivity index is 1.66. The van der Waals surface area contributed by atoms with Crippen molar-refractivity contribution in [3.05, 3.63) is 52.0 Å². The molecule has 1 amide bonds. The first-order valence-electron chi connectivity index (χ1n) is 7.46. The number of amides is 1. The van der Waals surface area contributed by atoms with Gasteiger partial charge in [0.05, 0.1) is 10.7 Å². The second kappa shape index (κ2) is 7.27. The molecule has 0 aliphatic carbocycles. The zero-order chi connectivity index (χ0) is 17.8. The molecule has 128 valence electrons. The molecule has 0 aliphatic rings. The Morgan fingerprint density at radius 2 is 2.00 bits per heavy atom. The smallest absolute Gasteiger partial charge is 0.351 e. The fourth-order valence-corrected chi connectivity index (χ4v) is 2.99. The minimum Gasteiger partial charge on any atom is -0.451 e. The number of aryl methyl sites for hydroxylation is 2. The predicted octanol–water partition coefficient (Wildman–Crippen LogP) is 3.21. The van der Waals surface area contributed by atoms with Crippen LogP contribution in [0.5, 0.6) is 0 Å². The number of nitrogens with one attached hydrogen (secondary N) is 1. The van der Waals surface area contributed by atoms with Gasteiger partial charge in [0, 0.05) is 11.6 Å². The molecule has 3 aromatic rings. The Hall–Kier alpha value is -3.00. The van der Waals surface area contributed by atoms with E-state index < -0.39 is 18.5 Å². The maximum Gasteiger partial charge on any atom is 0.351 e. The van der Waals surface area contributed by atoms with Crippen LogP contribution in [0.4, 0.5) is 5.82 Å². The van der Waals surface area contributed by atoms with E-state index >= 15 is 0 Å². The molecular formula is C17H15N3O4S. The Kier molecular flexibility index (Phi) is 4.90. The molecule has 0 unspecified atom stereocenters. The van der Waals surface area contributed by atoms with Crippen molar-refractivity contribution in [3.8, 4) is 11.3 Å². The van der Waals surface area contributed by atoms with Crippen molar-refractivity contribution in [2.45, 2.75) is 13.8 Å². The molecule has 0 aliphatic heterocycles. The summed E-state index contributed by atoms with van der Waals surface area (Å²) in [5.74, 6) is -0.239.